The second kappa shape index (κ2) is 7.37. The van der Waals surface area contributed by atoms with Crippen molar-refractivity contribution in [2.45, 2.75) is 58.2 Å². The van der Waals surface area contributed by atoms with Crippen LogP contribution in [0.15, 0.2) is 18.3 Å². The van der Waals surface area contributed by atoms with Gasteiger partial charge in [0.1, 0.15) is 0 Å². The molecule has 3 nitrogen and oxygen atoms in total. The van der Waals surface area contributed by atoms with Gasteiger partial charge in [0.25, 0.3) is 0 Å². The highest BCUT2D eigenvalue weighted by molar-refractivity contribution is 5.42. The Bertz CT molecular complexity index is 348. The Morgan fingerprint density at radius 3 is 2.94 bits per heavy atom. The van der Waals surface area contributed by atoms with E-state index >= 15 is 0 Å². The van der Waals surface area contributed by atoms with E-state index in [2.05, 4.69) is 23.3 Å². The van der Waals surface area contributed by atoms with E-state index in [-0.39, 0.29) is 0 Å². The lowest BCUT2D eigenvalue weighted by molar-refractivity contribution is 0.0153. The smallest absolute Gasteiger partial charge is 0.0892 e. The van der Waals surface area contributed by atoms with Crippen LogP contribution in [0.4, 0.5) is 5.69 Å². The Kier molecular flexibility index (Phi) is 5.46. The van der Waals surface area contributed by atoms with E-state index in [0.29, 0.717) is 12.7 Å². The summed E-state index contributed by atoms with van der Waals surface area (Å²) in [5, 5.41) is 3.38. The minimum absolute atomic E-state index is 0.452. The first-order valence-electron chi connectivity index (χ1n) is 7.19. The molecule has 0 spiro atoms. The van der Waals surface area contributed by atoms with Gasteiger partial charge in [0.2, 0.25) is 0 Å². The maximum absolute atomic E-state index is 5.94. The first-order valence-corrected chi connectivity index (χ1v) is 7.19. The minimum Gasteiger partial charge on any atom is -0.385 e. The molecule has 1 saturated carbocycles. The molecule has 2 rings (SSSR count). The van der Waals surface area contributed by atoms with E-state index in [0.717, 1.165) is 24.3 Å². The standard InChI is InChI=1S/C15H24N2O/c1-2-9-16-13-8-10-17-14(11-13)12-18-15-6-4-3-5-7-15/h8,10-11,15H,2-7,9,12H2,1H3,(H,16,17). The van der Waals surface area contributed by atoms with Crippen molar-refractivity contribution in [3.63, 3.8) is 0 Å². The van der Waals surface area contributed by atoms with Crippen molar-refractivity contribution in [2.75, 3.05) is 11.9 Å². The molecule has 0 atom stereocenters. The van der Waals surface area contributed by atoms with Gasteiger partial charge in [-0.2, -0.15) is 0 Å². The van der Waals surface area contributed by atoms with Crippen molar-refractivity contribution in [3.8, 4) is 0 Å². The molecule has 18 heavy (non-hydrogen) atoms. The summed E-state index contributed by atoms with van der Waals surface area (Å²) in [7, 11) is 0. The number of ether oxygens (including phenoxy) is 1. The molecule has 0 aromatic carbocycles. The molecule has 3 heteroatoms. The van der Waals surface area contributed by atoms with Crippen LogP contribution in [0.5, 0.6) is 0 Å². The van der Waals surface area contributed by atoms with E-state index < -0.39 is 0 Å². The molecule has 1 aromatic rings. The molecule has 1 aliphatic carbocycles. The molecule has 0 amide bonds. The lowest BCUT2D eigenvalue weighted by Gasteiger charge is -2.21. The van der Waals surface area contributed by atoms with E-state index in [9.17, 15) is 0 Å². The Labute approximate surface area is 110 Å². The van der Waals surface area contributed by atoms with Crippen LogP contribution in [0.2, 0.25) is 0 Å². The summed E-state index contributed by atoms with van der Waals surface area (Å²) in [6.45, 7) is 3.82. The second-order valence-electron chi connectivity index (χ2n) is 5.03. The van der Waals surface area contributed by atoms with Crippen molar-refractivity contribution in [3.05, 3.63) is 24.0 Å². The first kappa shape index (κ1) is 13.3. The van der Waals surface area contributed by atoms with Crippen molar-refractivity contribution in [1.82, 2.24) is 4.98 Å². The third-order valence-electron chi connectivity index (χ3n) is 3.41. The molecular formula is C15H24N2O. The third kappa shape index (κ3) is 4.30. The van der Waals surface area contributed by atoms with E-state index in [1.165, 1.54) is 32.1 Å². The summed E-state index contributed by atoms with van der Waals surface area (Å²) < 4.78 is 5.94. The number of nitrogens with zero attached hydrogens (tertiary/aromatic N) is 1. The van der Waals surface area contributed by atoms with Gasteiger partial charge in [0, 0.05) is 18.4 Å². The van der Waals surface area contributed by atoms with Crippen molar-refractivity contribution in [2.24, 2.45) is 0 Å². The number of rotatable bonds is 6. The zero-order valence-electron chi connectivity index (χ0n) is 11.3. The molecule has 0 bridgehead atoms. The maximum atomic E-state index is 5.94. The highest BCUT2D eigenvalue weighted by Gasteiger charge is 2.13. The predicted molar refractivity (Wildman–Crippen MR) is 74.7 cm³/mol. The maximum Gasteiger partial charge on any atom is 0.0892 e. The number of hydrogen-bond donors (Lipinski definition) is 1. The second-order valence-corrected chi connectivity index (χ2v) is 5.03. The zero-order valence-corrected chi connectivity index (χ0v) is 11.3. The topological polar surface area (TPSA) is 34.2 Å². The molecule has 0 saturated heterocycles. The van der Waals surface area contributed by atoms with Gasteiger partial charge in [-0.3, -0.25) is 4.98 Å². The molecule has 1 aromatic heterocycles. The summed E-state index contributed by atoms with van der Waals surface area (Å²) in [6, 6.07) is 4.11. The van der Waals surface area contributed by atoms with Crippen molar-refractivity contribution >= 4 is 5.69 Å². The average Bonchev–Trinajstić information content (AvgIpc) is 2.44. The molecule has 1 heterocycles. The van der Waals surface area contributed by atoms with Crippen LogP contribution in [0, 0.1) is 0 Å². The van der Waals surface area contributed by atoms with Gasteiger partial charge >= 0.3 is 0 Å². The number of pyridine rings is 1. The summed E-state index contributed by atoms with van der Waals surface area (Å²) in [4.78, 5) is 4.37. The van der Waals surface area contributed by atoms with Crippen LogP contribution in [0.3, 0.4) is 0 Å². The highest BCUT2D eigenvalue weighted by atomic mass is 16.5. The van der Waals surface area contributed by atoms with Gasteiger partial charge in [-0.25, -0.2) is 0 Å². The fourth-order valence-corrected chi connectivity index (χ4v) is 2.37. The molecule has 1 aliphatic rings. The highest BCUT2D eigenvalue weighted by Crippen LogP contribution is 2.21. The lowest BCUT2D eigenvalue weighted by Crippen LogP contribution is -2.16. The summed E-state index contributed by atoms with van der Waals surface area (Å²) in [5.74, 6) is 0. The lowest BCUT2D eigenvalue weighted by atomic mass is 9.98. The van der Waals surface area contributed by atoms with Gasteiger partial charge in [-0.1, -0.05) is 26.2 Å². The normalized spacial score (nSPS) is 16.7. The molecule has 0 aliphatic heterocycles. The van der Waals surface area contributed by atoms with Crippen LogP contribution >= 0.6 is 0 Å². The zero-order chi connectivity index (χ0) is 12.6. The number of nitrogens with one attached hydrogen (secondary N) is 1. The van der Waals surface area contributed by atoms with Crippen LogP contribution in [0.1, 0.15) is 51.1 Å². The van der Waals surface area contributed by atoms with E-state index in [4.69, 9.17) is 4.74 Å². The van der Waals surface area contributed by atoms with Gasteiger partial charge in [0.05, 0.1) is 18.4 Å². The van der Waals surface area contributed by atoms with Gasteiger partial charge < -0.3 is 10.1 Å². The van der Waals surface area contributed by atoms with Crippen molar-refractivity contribution < 1.29 is 4.74 Å². The number of hydrogen-bond acceptors (Lipinski definition) is 3. The summed E-state index contributed by atoms with van der Waals surface area (Å²) in [5.41, 5.74) is 2.18. The molecule has 0 radical (unpaired) electrons. The Morgan fingerprint density at radius 2 is 2.17 bits per heavy atom. The molecular weight excluding hydrogens is 224 g/mol. The Morgan fingerprint density at radius 1 is 1.33 bits per heavy atom. The average molecular weight is 248 g/mol. The molecule has 0 unspecified atom stereocenters. The number of anilines is 1. The van der Waals surface area contributed by atoms with Crippen LogP contribution in [-0.4, -0.2) is 17.6 Å². The fourth-order valence-electron chi connectivity index (χ4n) is 2.37. The molecule has 1 N–H and O–H groups in total. The minimum atomic E-state index is 0.452. The summed E-state index contributed by atoms with van der Waals surface area (Å²) in [6.07, 6.45) is 9.88. The van der Waals surface area contributed by atoms with Gasteiger partial charge in [-0.05, 0) is 31.4 Å². The van der Waals surface area contributed by atoms with E-state index in [1.54, 1.807) is 0 Å². The Balaban J connectivity index is 1.80. The third-order valence-corrected chi connectivity index (χ3v) is 3.41. The Hall–Kier alpha value is -1.09. The summed E-state index contributed by atoms with van der Waals surface area (Å²) >= 11 is 0. The van der Waals surface area contributed by atoms with Gasteiger partial charge in [-0.15, -0.1) is 0 Å². The van der Waals surface area contributed by atoms with Gasteiger partial charge in [0.15, 0.2) is 0 Å². The molecule has 100 valence electrons. The van der Waals surface area contributed by atoms with E-state index in [1.807, 2.05) is 12.3 Å². The quantitative estimate of drug-likeness (QED) is 0.832. The molecule has 1 fully saturated rings. The first-order chi connectivity index (χ1) is 8.88. The SMILES string of the molecule is CCCNc1ccnc(COC2CCCCC2)c1. The van der Waals surface area contributed by atoms with Crippen LogP contribution in [0.25, 0.3) is 0 Å². The predicted octanol–water partition coefficient (Wildman–Crippen LogP) is 3.75. The van der Waals surface area contributed by atoms with Crippen LogP contribution < -0.4 is 5.32 Å². The van der Waals surface area contributed by atoms with Crippen LogP contribution in [-0.2, 0) is 11.3 Å². The van der Waals surface area contributed by atoms with Crippen molar-refractivity contribution in [1.29, 1.82) is 0 Å². The number of aromatic nitrogens is 1. The monoisotopic (exact) mass is 248 g/mol. The fraction of sp³-hybridized carbons (Fsp3) is 0.667. The largest absolute Gasteiger partial charge is 0.385 e.